The Morgan fingerprint density at radius 3 is 2.81 bits per heavy atom. The predicted octanol–water partition coefficient (Wildman–Crippen LogP) is -0.310. The van der Waals surface area contributed by atoms with Gasteiger partial charge in [0.05, 0.1) is 44.0 Å². The van der Waals surface area contributed by atoms with Crippen LogP contribution < -0.4 is 10.5 Å². The van der Waals surface area contributed by atoms with Crippen molar-refractivity contribution in [3.63, 3.8) is 0 Å². The highest BCUT2D eigenvalue weighted by Gasteiger charge is 2.28. The smallest absolute Gasteiger partial charge is 0.308 e. The van der Waals surface area contributed by atoms with Gasteiger partial charge in [0.2, 0.25) is 11.9 Å². The van der Waals surface area contributed by atoms with Crippen LogP contribution in [0.3, 0.4) is 0 Å². The number of hydrogen-bond donors (Lipinski definition) is 1. The molecule has 0 saturated carbocycles. The van der Waals surface area contributed by atoms with Crippen LogP contribution in [-0.4, -0.2) is 67.1 Å². The van der Waals surface area contributed by atoms with Crippen LogP contribution in [0.5, 0.6) is 0 Å². The average molecular weight is 364 g/mol. The molecule has 9 heteroatoms. The first-order chi connectivity index (χ1) is 12.5. The largest absolute Gasteiger partial charge is 0.469 e. The van der Waals surface area contributed by atoms with Gasteiger partial charge in [-0.05, 0) is 25.9 Å². The van der Waals surface area contributed by atoms with Crippen molar-refractivity contribution in [2.24, 2.45) is 5.92 Å². The van der Waals surface area contributed by atoms with Gasteiger partial charge in [-0.3, -0.25) is 29.2 Å². The zero-order chi connectivity index (χ0) is 18.7. The molecular formula is C17H24N4O5. The number of aromatic nitrogens is 2. The van der Waals surface area contributed by atoms with Crippen molar-refractivity contribution in [3.8, 4) is 0 Å². The number of anilines is 1. The number of nitrogens with zero attached hydrogens (tertiary/aromatic N) is 3. The quantitative estimate of drug-likeness (QED) is 0.731. The zero-order valence-corrected chi connectivity index (χ0v) is 15.1. The third-order valence-corrected chi connectivity index (χ3v) is 4.99. The number of likely N-dealkylation sites (N-methyl/N-ethyl adjacent to an activating group) is 1. The molecule has 1 fully saturated rings. The minimum absolute atomic E-state index is 0.0926. The molecule has 0 aromatic carbocycles. The molecule has 9 nitrogen and oxygen atoms in total. The zero-order valence-electron chi connectivity index (χ0n) is 15.1. The molecule has 0 unspecified atom stereocenters. The lowest BCUT2D eigenvalue weighted by molar-refractivity contribution is -0.147. The maximum Gasteiger partial charge on any atom is 0.308 e. The minimum atomic E-state index is -0.261. The van der Waals surface area contributed by atoms with E-state index < -0.39 is 0 Å². The summed E-state index contributed by atoms with van der Waals surface area (Å²) in [4.78, 5) is 46.8. The Hall–Kier alpha value is -2.26. The lowest BCUT2D eigenvalue weighted by Gasteiger charge is -2.31. The predicted molar refractivity (Wildman–Crippen MR) is 92.8 cm³/mol. The second-order valence-electron chi connectivity index (χ2n) is 6.64. The van der Waals surface area contributed by atoms with E-state index in [0.717, 1.165) is 0 Å². The van der Waals surface area contributed by atoms with Crippen molar-refractivity contribution in [1.29, 1.82) is 0 Å². The molecule has 1 saturated heterocycles. The van der Waals surface area contributed by atoms with Crippen LogP contribution in [0.15, 0.2) is 4.79 Å². The summed E-state index contributed by atoms with van der Waals surface area (Å²) in [6, 6.07) is 0. The molecule has 3 rings (SSSR count). The Bertz CT molecular complexity index is 739. The Morgan fingerprint density at radius 2 is 2.12 bits per heavy atom. The number of piperidine rings is 1. The van der Waals surface area contributed by atoms with Crippen LogP contribution in [0.2, 0.25) is 0 Å². The van der Waals surface area contributed by atoms with Gasteiger partial charge < -0.3 is 9.47 Å². The van der Waals surface area contributed by atoms with Gasteiger partial charge in [-0.1, -0.05) is 0 Å². The lowest BCUT2D eigenvalue weighted by atomic mass is 9.97. The van der Waals surface area contributed by atoms with Crippen molar-refractivity contribution in [2.75, 3.05) is 45.3 Å². The van der Waals surface area contributed by atoms with E-state index in [4.69, 9.17) is 9.47 Å². The van der Waals surface area contributed by atoms with Crippen LogP contribution in [0, 0.1) is 5.92 Å². The number of carbonyl (C=O) groups excluding carboxylic acids is 2. The number of esters is 1. The number of hydrogen-bond acceptors (Lipinski definition) is 7. The molecule has 2 aliphatic heterocycles. The molecule has 1 aromatic rings. The standard InChI is InChI=1S/C17H24N4O5/c1-20(17-18-13-5-8-26-10-12(13)15(23)19-17)14(22)9-21-6-3-11(4-7-21)16(24)25-2/h11H,3-10H2,1-2H3,(H,18,19,23). The number of aromatic amines is 1. The molecule has 26 heavy (non-hydrogen) atoms. The molecule has 0 bridgehead atoms. The number of ether oxygens (including phenoxy) is 2. The van der Waals surface area contributed by atoms with Gasteiger partial charge in [-0.25, -0.2) is 4.98 Å². The first-order valence-electron chi connectivity index (χ1n) is 8.76. The normalized spacial score (nSPS) is 18.2. The number of nitrogens with one attached hydrogen (secondary N) is 1. The van der Waals surface area contributed by atoms with Gasteiger partial charge in [0.1, 0.15) is 0 Å². The van der Waals surface area contributed by atoms with Gasteiger partial charge in [0, 0.05) is 13.5 Å². The third kappa shape index (κ3) is 3.94. The van der Waals surface area contributed by atoms with E-state index in [1.807, 2.05) is 4.90 Å². The van der Waals surface area contributed by atoms with Crippen LogP contribution >= 0.6 is 0 Å². The summed E-state index contributed by atoms with van der Waals surface area (Å²) in [6.45, 7) is 2.31. The molecule has 142 valence electrons. The van der Waals surface area contributed by atoms with E-state index in [-0.39, 0.29) is 42.5 Å². The maximum absolute atomic E-state index is 12.6. The van der Waals surface area contributed by atoms with Crippen LogP contribution in [0.4, 0.5) is 5.95 Å². The number of methoxy groups -OCH3 is 1. The van der Waals surface area contributed by atoms with Gasteiger partial charge >= 0.3 is 5.97 Å². The molecular weight excluding hydrogens is 340 g/mol. The van der Waals surface area contributed by atoms with Gasteiger partial charge in [-0.2, -0.15) is 0 Å². The third-order valence-electron chi connectivity index (χ3n) is 4.99. The fourth-order valence-electron chi connectivity index (χ4n) is 3.30. The fourth-order valence-corrected chi connectivity index (χ4v) is 3.30. The number of amides is 1. The monoisotopic (exact) mass is 364 g/mol. The Balaban J connectivity index is 1.61. The fraction of sp³-hybridized carbons (Fsp3) is 0.647. The Morgan fingerprint density at radius 1 is 1.38 bits per heavy atom. The number of fused-ring (bicyclic) bond motifs is 1. The van der Waals surface area contributed by atoms with Gasteiger partial charge in [-0.15, -0.1) is 0 Å². The topological polar surface area (TPSA) is 105 Å². The first-order valence-corrected chi connectivity index (χ1v) is 8.76. The summed E-state index contributed by atoms with van der Waals surface area (Å²) in [5, 5.41) is 0. The molecule has 0 radical (unpaired) electrons. The van der Waals surface area contributed by atoms with Gasteiger partial charge in [0.15, 0.2) is 0 Å². The summed E-state index contributed by atoms with van der Waals surface area (Å²) < 4.78 is 10.1. The van der Waals surface area contributed by atoms with E-state index in [1.54, 1.807) is 7.05 Å². The number of H-pyrrole nitrogens is 1. The van der Waals surface area contributed by atoms with E-state index in [0.29, 0.717) is 50.2 Å². The highest BCUT2D eigenvalue weighted by atomic mass is 16.5. The van der Waals surface area contributed by atoms with Crippen molar-refractivity contribution in [2.45, 2.75) is 25.9 Å². The van der Waals surface area contributed by atoms with Crippen LogP contribution in [0.25, 0.3) is 0 Å². The van der Waals surface area contributed by atoms with Crippen molar-refractivity contribution < 1.29 is 19.1 Å². The summed E-state index contributed by atoms with van der Waals surface area (Å²) in [5.74, 6) is -0.181. The summed E-state index contributed by atoms with van der Waals surface area (Å²) >= 11 is 0. The SMILES string of the molecule is COC(=O)C1CCN(CC(=O)N(C)c2nc3c(c(=O)[nH]2)COCC3)CC1. The minimum Gasteiger partial charge on any atom is -0.469 e. The second kappa shape index (κ2) is 7.96. The number of carbonyl (C=O) groups is 2. The number of likely N-dealkylation sites (tertiary alicyclic amines) is 1. The molecule has 0 spiro atoms. The van der Waals surface area contributed by atoms with E-state index in [2.05, 4.69) is 9.97 Å². The summed E-state index contributed by atoms with van der Waals surface area (Å²) in [7, 11) is 3.00. The summed E-state index contributed by atoms with van der Waals surface area (Å²) in [5.41, 5.74) is 0.961. The van der Waals surface area contributed by atoms with Crippen molar-refractivity contribution in [3.05, 3.63) is 21.6 Å². The Labute approximate surface area is 151 Å². The molecule has 3 heterocycles. The summed E-state index contributed by atoms with van der Waals surface area (Å²) in [6.07, 6.45) is 1.92. The molecule has 0 aliphatic carbocycles. The van der Waals surface area contributed by atoms with Gasteiger partial charge in [0.25, 0.3) is 5.56 Å². The molecule has 1 N–H and O–H groups in total. The maximum atomic E-state index is 12.6. The second-order valence-corrected chi connectivity index (χ2v) is 6.64. The molecule has 1 amide bonds. The Kier molecular flexibility index (Phi) is 5.67. The molecule has 2 aliphatic rings. The molecule has 1 aromatic heterocycles. The number of rotatable bonds is 4. The van der Waals surface area contributed by atoms with Crippen molar-refractivity contribution in [1.82, 2.24) is 14.9 Å². The highest BCUT2D eigenvalue weighted by Crippen LogP contribution is 2.19. The van der Waals surface area contributed by atoms with Crippen LogP contribution in [0.1, 0.15) is 24.1 Å². The lowest BCUT2D eigenvalue weighted by Crippen LogP contribution is -2.44. The molecule has 0 atom stereocenters. The highest BCUT2D eigenvalue weighted by molar-refractivity contribution is 5.92. The first kappa shape index (κ1) is 18.5. The van der Waals surface area contributed by atoms with Crippen molar-refractivity contribution >= 4 is 17.8 Å². The van der Waals surface area contributed by atoms with E-state index in [1.165, 1.54) is 12.0 Å². The van der Waals surface area contributed by atoms with Crippen LogP contribution in [-0.2, 0) is 32.1 Å². The van der Waals surface area contributed by atoms with E-state index in [9.17, 15) is 14.4 Å². The van der Waals surface area contributed by atoms with E-state index >= 15 is 0 Å². The average Bonchev–Trinajstić information content (AvgIpc) is 2.67.